The quantitative estimate of drug-likeness (QED) is 0.203. The summed E-state index contributed by atoms with van der Waals surface area (Å²) >= 11 is 6.43. The zero-order chi connectivity index (χ0) is 36.3. The number of cyclic esters (lactones) is 1. The van der Waals surface area contributed by atoms with Gasteiger partial charge in [0.05, 0.1) is 25.0 Å². The Morgan fingerprint density at radius 3 is 2.67 bits per heavy atom. The van der Waals surface area contributed by atoms with Crippen LogP contribution in [0.25, 0.3) is 0 Å². The highest BCUT2D eigenvalue weighted by Gasteiger charge is 2.44. The maximum Gasteiger partial charge on any atom is 0.328 e. The summed E-state index contributed by atoms with van der Waals surface area (Å²) in [7, 11) is 1.34. The van der Waals surface area contributed by atoms with Crippen molar-refractivity contribution in [2.75, 3.05) is 38.3 Å². The molecule has 7 rings (SSSR count). The summed E-state index contributed by atoms with van der Waals surface area (Å²) in [6.45, 7) is 8.62. The number of carbonyl (C=O) groups is 3. The number of anilines is 1. The first kappa shape index (κ1) is 37.4. The summed E-state index contributed by atoms with van der Waals surface area (Å²) in [5.74, 6) is 6.01. The van der Waals surface area contributed by atoms with Gasteiger partial charge in [0.2, 0.25) is 5.91 Å². The first-order valence-electron chi connectivity index (χ1n) is 18.3. The van der Waals surface area contributed by atoms with Crippen LogP contribution in [0.15, 0.2) is 48.6 Å². The molecule has 0 aromatic heterocycles. The number of amides is 2. The number of rotatable bonds is 2. The summed E-state index contributed by atoms with van der Waals surface area (Å²) in [6, 6.07) is 11.9. The summed E-state index contributed by atoms with van der Waals surface area (Å²) in [4.78, 5) is 37.1. The number of ether oxygens (including phenoxy) is 3. The Balaban J connectivity index is 0.000000388. The van der Waals surface area contributed by atoms with Crippen LogP contribution >= 0.6 is 22.3 Å². The van der Waals surface area contributed by atoms with Gasteiger partial charge in [-0.15, -0.1) is 0 Å². The van der Waals surface area contributed by atoms with E-state index < -0.39 is 16.7 Å². The molecule has 2 amide bonds. The molecule has 2 bridgehead atoms. The van der Waals surface area contributed by atoms with Crippen molar-refractivity contribution in [2.45, 2.75) is 88.5 Å². The van der Waals surface area contributed by atoms with Gasteiger partial charge in [-0.05, 0) is 97.7 Å². The van der Waals surface area contributed by atoms with Crippen LogP contribution in [0.1, 0.15) is 80.8 Å². The molecule has 7 unspecified atom stereocenters. The van der Waals surface area contributed by atoms with Crippen molar-refractivity contribution >= 4 is 51.6 Å². The van der Waals surface area contributed by atoms with Crippen LogP contribution in [-0.2, 0) is 30.9 Å². The monoisotopic (exact) mass is 737 g/mol. The lowest BCUT2D eigenvalue weighted by atomic mass is 9.68. The third kappa shape index (κ3) is 8.34. The van der Waals surface area contributed by atoms with Gasteiger partial charge < -0.3 is 29.1 Å². The van der Waals surface area contributed by atoms with Crippen LogP contribution in [0.5, 0.6) is 5.75 Å². The Bertz CT molecular complexity index is 1680. The number of methoxy groups -OCH3 is 1. The Kier molecular flexibility index (Phi) is 11.8. The minimum absolute atomic E-state index is 0.0645. The molecule has 9 nitrogen and oxygen atoms in total. The molecule has 3 heterocycles. The van der Waals surface area contributed by atoms with Crippen molar-refractivity contribution < 1.29 is 28.6 Å². The molecule has 51 heavy (non-hydrogen) atoms. The Hall–Kier alpha value is -3.34. The standard InChI is InChI=1S/C34H43ClN2O3S.C6H9NO3/c1-22-7-5-9-31(39-3)28-13-10-26(28)19-37-20-34(16-6-8-24-17-27(35)12-14-29(24)34)21-40-32-15-11-25(18-30(32)37)33(38)36-41(4)23(22)2;1-4(8)7-5-2-3-10-6(5)9/h5,9,11-12,14-15,17-18,22-23,26,28,31H,4,6-8,10,13,16,19-21H2,1-3H3,(H,36,38);5H,2-3H2,1H3,(H,7,8)/b9-5+;/t22?,23?,26?,28?,31?,34-,41?;/m0./s1. The molecule has 5 aliphatic rings. The maximum atomic E-state index is 13.5. The lowest BCUT2D eigenvalue weighted by molar-refractivity contribution is -0.141. The number of nitrogens with one attached hydrogen (secondary N) is 2. The summed E-state index contributed by atoms with van der Waals surface area (Å²) in [5, 5.41) is 3.53. The average Bonchev–Trinajstić information content (AvgIpc) is 3.42. The number of aryl methyl sites for hydroxylation is 1. The van der Waals surface area contributed by atoms with Crippen molar-refractivity contribution in [3.8, 4) is 5.75 Å². The second-order valence-electron chi connectivity index (χ2n) is 14.9. The molecule has 3 aliphatic heterocycles. The highest BCUT2D eigenvalue weighted by atomic mass is 35.5. The van der Waals surface area contributed by atoms with Crippen LogP contribution in [0.4, 0.5) is 5.69 Å². The van der Waals surface area contributed by atoms with Gasteiger partial charge in [0.1, 0.15) is 11.8 Å². The number of nitrogens with zero attached hydrogens (tertiary/aromatic N) is 1. The molecule has 2 aromatic carbocycles. The van der Waals surface area contributed by atoms with Gasteiger partial charge in [-0.3, -0.25) is 9.59 Å². The van der Waals surface area contributed by atoms with E-state index in [-0.39, 0.29) is 34.6 Å². The number of allylic oxidation sites excluding steroid dienone is 1. The molecular formula is C40H52ClN3O6S. The molecule has 2 aromatic rings. The average molecular weight is 738 g/mol. The Labute approximate surface area is 309 Å². The van der Waals surface area contributed by atoms with Crippen LogP contribution in [0, 0.1) is 17.8 Å². The first-order valence-corrected chi connectivity index (χ1v) is 20.1. The summed E-state index contributed by atoms with van der Waals surface area (Å²) in [5.41, 5.74) is 4.24. The van der Waals surface area contributed by atoms with E-state index in [2.05, 4.69) is 63.7 Å². The van der Waals surface area contributed by atoms with Gasteiger partial charge in [-0.25, -0.2) is 4.79 Å². The number of carbonyl (C=O) groups excluding carboxylic acids is 3. The third-order valence-corrected chi connectivity index (χ3v) is 13.6. The number of benzene rings is 2. The lowest BCUT2D eigenvalue weighted by Crippen LogP contribution is -2.49. The van der Waals surface area contributed by atoms with Gasteiger partial charge in [-0.2, -0.15) is 0 Å². The fourth-order valence-corrected chi connectivity index (χ4v) is 9.64. The van der Waals surface area contributed by atoms with E-state index in [9.17, 15) is 14.4 Å². The predicted molar refractivity (Wildman–Crippen MR) is 205 cm³/mol. The minimum Gasteiger partial charge on any atom is -0.490 e. The van der Waals surface area contributed by atoms with Gasteiger partial charge in [-0.1, -0.05) is 60.2 Å². The molecule has 11 heteroatoms. The molecule has 276 valence electrons. The molecule has 2 N–H and O–H groups in total. The van der Waals surface area contributed by atoms with Crippen molar-refractivity contribution in [1.82, 2.24) is 10.0 Å². The van der Waals surface area contributed by atoms with Crippen LogP contribution in [0.2, 0.25) is 5.02 Å². The smallest absolute Gasteiger partial charge is 0.328 e. The second kappa shape index (κ2) is 16.1. The molecule has 1 saturated carbocycles. The topological polar surface area (TPSA) is 106 Å². The summed E-state index contributed by atoms with van der Waals surface area (Å²) < 4.78 is 20.5. The third-order valence-electron chi connectivity index (χ3n) is 11.5. The van der Waals surface area contributed by atoms with Gasteiger partial charge >= 0.3 is 5.97 Å². The van der Waals surface area contributed by atoms with E-state index in [1.165, 1.54) is 30.9 Å². The fourth-order valence-electron chi connectivity index (χ4n) is 8.23. The predicted octanol–water partition coefficient (Wildman–Crippen LogP) is 6.62. The zero-order valence-corrected chi connectivity index (χ0v) is 31.8. The highest BCUT2D eigenvalue weighted by Crippen LogP contribution is 2.47. The fraction of sp³-hybridized carbons (Fsp3) is 0.550. The van der Waals surface area contributed by atoms with Gasteiger partial charge in [0, 0.05) is 54.8 Å². The van der Waals surface area contributed by atoms with E-state index >= 15 is 0 Å². The maximum absolute atomic E-state index is 13.5. The minimum atomic E-state index is -0.501. The Morgan fingerprint density at radius 2 is 1.96 bits per heavy atom. The number of hydrogen-bond donors (Lipinski definition) is 2. The number of esters is 1. The normalized spacial score (nSPS) is 32.3. The molecule has 1 spiro atoms. The van der Waals surface area contributed by atoms with E-state index in [1.807, 2.05) is 31.4 Å². The molecular weight excluding hydrogens is 686 g/mol. The van der Waals surface area contributed by atoms with Gasteiger partial charge in [0.15, 0.2) is 0 Å². The van der Waals surface area contributed by atoms with E-state index in [0.29, 0.717) is 43.0 Å². The Morgan fingerprint density at radius 1 is 1.14 bits per heavy atom. The second-order valence-corrected chi connectivity index (χ2v) is 17.1. The van der Waals surface area contributed by atoms with Crippen LogP contribution in [-0.4, -0.2) is 74.5 Å². The van der Waals surface area contributed by atoms with Crippen LogP contribution < -0.4 is 19.7 Å². The van der Waals surface area contributed by atoms with Crippen LogP contribution in [0.3, 0.4) is 0 Å². The molecule has 0 radical (unpaired) electrons. The summed E-state index contributed by atoms with van der Waals surface area (Å²) in [6.07, 6.45) is 11.8. The van der Waals surface area contributed by atoms with E-state index in [4.69, 9.17) is 21.1 Å². The van der Waals surface area contributed by atoms with Crippen molar-refractivity contribution in [3.63, 3.8) is 0 Å². The lowest BCUT2D eigenvalue weighted by Gasteiger charge is -2.46. The first-order chi connectivity index (χ1) is 24.5. The van der Waals surface area contributed by atoms with Crippen molar-refractivity contribution in [2.24, 2.45) is 17.8 Å². The van der Waals surface area contributed by atoms with Crippen molar-refractivity contribution in [1.29, 1.82) is 0 Å². The molecule has 2 fully saturated rings. The number of fused-ring (bicyclic) bond motifs is 4. The van der Waals surface area contributed by atoms with Gasteiger partial charge in [0.25, 0.3) is 5.91 Å². The number of halogens is 1. The SMILES string of the molecule is C=S1NC(=O)c2ccc3c(c2)N(CC2CCC2C(OC)/C=C/CC(C)C1C)C[C@@]1(CCCc2cc(Cl)ccc21)CO3.CC(=O)NC1CCOC1=O. The molecule has 2 aliphatic carbocycles. The largest absolute Gasteiger partial charge is 0.490 e. The van der Waals surface area contributed by atoms with E-state index in [1.54, 1.807) is 0 Å². The van der Waals surface area contributed by atoms with E-state index in [0.717, 1.165) is 55.2 Å². The molecule has 1 saturated heterocycles. The molecule has 8 atom stereocenters. The highest BCUT2D eigenvalue weighted by molar-refractivity contribution is 8.13. The zero-order valence-electron chi connectivity index (χ0n) is 30.3. The number of hydrogen-bond acceptors (Lipinski definition) is 7. The van der Waals surface area contributed by atoms with Crippen molar-refractivity contribution in [3.05, 3.63) is 70.3 Å².